The lowest BCUT2D eigenvalue weighted by molar-refractivity contribution is -0.122. The van der Waals surface area contributed by atoms with E-state index in [4.69, 9.17) is 5.73 Å². The molecule has 3 heteroatoms. The Hall–Kier alpha value is -1.35. The molecule has 0 aliphatic heterocycles. The van der Waals surface area contributed by atoms with E-state index in [0.29, 0.717) is 13.0 Å². The van der Waals surface area contributed by atoms with Gasteiger partial charge in [0.15, 0.2) is 0 Å². The monoisotopic (exact) mass is 286 g/mol. The van der Waals surface area contributed by atoms with E-state index in [9.17, 15) is 4.79 Å². The van der Waals surface area contributed by atoms with Crippen LogP contribution in [0.2, 0.25) is 0 Å². The number of rotatable bonds is 4. The number of carbonyl (C=O) groups excluding carboxylic acids is 1. The van der Waals surface area contributed by atoms with Crippen LogP contribution in [0.3, 0.4) is 0 Å². The topological polar surface area (TPSA) is 55.1 Å². The fourth-order valence-electron chi connectivity index (χ4n) is 3.85. The quantitative estimate of drug-likeness (QED) is 0.893. The van der Waals surface area contributed by atoms with Crippen LogP contribution in [0, 0.1) is 0 Å². The zero-order valence-corrected chi connectivity index (χ0v) is 12.8. The highest BCUT2D eigenvalue weighted by Crippen LogP contribution is 2.29. The maximum absolute atomic E-state index is 12.3. The molecular weight excluding hydrogens is 260 g/mol. The van der Waals surface area contributed by atoms with E-state index in [0.717, 1.165) is 24.8 Å². The third-order valence-electron chi connectivity index (χ3n) is 5.13. The van der Waals surface area contributed by atoms with Crippen molar-refractivity contribution >= 4 is 5.91 Å². The Morgan fingerprint density at radius 3 is 2.52 bits per heavy atom. The summed E-state index contributed by atoms with van der Waals surface area (Å²) in [5.41, 5.74) is 9.81. The summed E-state index contributed by atoms with van der Waals surface area (Å²) in [7, 11) is 0. The van der Waals surface area contributed by atoms with Crippen LogP contribution < -0.4 is 11.1 Å². The highest BCUT2D eigenvalue weighted by atomic mass is 16.1. The number of nitrogens with two attached hydrogens (primary N) is 1. The molecule has 3 nitrogen and oxygen atoms in total. The number of carbonyl (C=O) groups is 1. The molecule has 0 saturated heterocycles. The van der Waals surface area contributed by atoms with Gasteiger partial charge in [-0.2, -0.15) is 0 Å². The summed E-state index contributed by atoms with van der Waals surface area (Å²) < 4.78 is 0. The number of hydrogen-bond acceptors (Lipinski definition) is 2. The number of aryl methyl sites for hydroxylation is 2. The van der Waals surface area contributed by atoms with Crippen LogP contribution in [0.25, 0.3) is 0 Å². The molecule has 2 aliphatic rings. The van der Waals surface area contributed by atoms with Crippen LogP contribution in [-0.2, 0) is 24.1 Å². The number of benzene rings is 1. The van der Waals surface area contributed by atoms with E-state index in [1.165, 1.54) is 43.2 Å². The molecule has 3 rings (SSSR count). The molecule has 1 aromatic carbocycles. The van der Waals surface area contributed by atoms with Crippen molar-refractivity contribution in [2.45, 2.75) is 63.3 Å². The number of nitrogens with one attached hydrogen (secondary N) is 1. The molecule has 3 N–H and O–H groups in total. The minimum absolute atomic E-state index is 0.123. The highest BCUT2D eigenvalue weighted by Gasteiger charge is 2.33. The SMILES string of the molecule is NCC1(NC(=O)Cc2ccc3c(c2)CCCC3)CCCC1. The molecule has 0 spiro atoms. The molecular formula is C18H26N2O. The average molecular weight is 286 g/mol. The van der Waals surface area contributed by atoms with Gasteiger partial charge in [0.05, 0.1) is 12.0 Å². The number of amides is 1. The van der Waals surface area contributed by atoms with Gasteiger partial charge in [-0.25, -0.2) is 0 Å². The zero-order valence-electron chi connectivity index (χ0n) is 12.8. The Morgan fingerprint density at radius 2 is 1.81 bits per heavy atom. The lowest BCUT2D eigenvalue weighted by Gasteiger charge is -2.28. The van der Waals surface area contributed by atoms with Crippen molar-refractivity contribution < 1.29 is 4.79 Å². The summed E-state index contributed by atoms with van der Waals surface area (Å²) in [4.78, 5) is 12.3. The normalized spacial score (nSPS) is 20.0. The van der Waals surface area contributed by atoms with Crippen LogP contribution in [0.15, 0.2) is 18.2 Å². The van der Waals surface area contributed by atoms with Gasteiger partial charge in [0.1, 0.15) is 0 Å². The van der Waals surface area contributed by atoms with Crippen molar-refractivity contribution in [3.8, 4) is 0 Å². The van der Waals surface area contributed by atoms with Crippen molar-refractivity contribution in [2.24, 2.45) is 5.73 Å². The molecule has 0 aromatic heterocycles. The summed E-state index contributed by atoms with van der Waals surface area (Å²) in [5.74, 6) is 0.123. The van der Waals surface area contributed by atoms with Gasteiger partial charge >= 0.3 is 0 Å². The third-order valence-corrected chi connectivity index (χ3v) is 5.13. The lowest BCUT2D eigenvalue weighted by atomic mass is 9.90. The highest BCUT2D eigenvalue weighted by molar-refractivity contribution is 5.79. The molecule has 21 heavy (non-hydrogen) atoms. The van der Waals surface area contributed by atoms with E-state index in [2.05, 4.69) is 23.5 Å². The molecule has 2 aliphatic carbocycles. The summed E-state index contributed by atoms with van der Waals surface area (Å²) in [6.45, 7) is 0.558. The zero-order chi connectivity index (χ0) is 14.7. The van der Waals surface area contributed by atoms with Crippen LogP contribution in [0.1, 0.15) is 55.2 Å². The molecule has 0 heterocycles. The Labute approximate surface area is 127 Å². The Bertz CT molecular complexity index is 518. The molecule has 0 unspecified atom stereocenters. The van der Waals surface area contributed by atoms with E-state index in [-0.39, 0.29) is 11.4 Å². The molecule has 114 valence electrons. The molecule has 0 radical (unpaired) electrons. The summed E-state index contributed by atoms with van der Waals surface area (Å²) in [6, 6.07) is 6.57. The van der Waals surface area contributed by atoms with Crippen molar-refractivity contribution in [1.29, 1.82) is 0 Å². The predicted molar refractivity (Wildman–Crippen MR) is 85.2 cm³/mol. The number of hydrogen-bond donors (Lipinski definition) is 2. The summed E-state index contributed by atoms with van der Waals surface area (Å²) >= 11 is 0. The molecule has 1 amide bonds. The van der Waals surface area contributed by atoms with Crippen LogP contribution in [-0.4, -0.2) is 18.0 Å². The molecule has 0 atom stereocenters. The summed E-state index contributed by atoms with van der Waals surface area (Å²) in [6.07, 6.45) is 9.82. The second-order valence-electron chi connectivity index (χ2n) is 6.73. The van der Waals surface area contributed by atoms with Gasteiger partial charge in [0, 0.05) is 6.54 Å². The van der Waals surface area contributed by atoms with E-state index < -0.39 is 0 Å². The van der Waals surface area contributed by atoms with Gasteiger partial charge in [0.25, 0.3) is 0 Å². The van der Waals surface area contributed by atoms with Gasteiger partial charge in [0.2, 0.25) is 5.91 Å². The maximum atomic E-state index is 12.3. The van der Waals surface area contributed by atoms with Gasteiger partial charge in [-0.05, 0) is 55.2 Å². The van der Waals surface area contributed by atoms with Gasteiger partial charge < -0.3 is 11.1 Å². The largest absolute Gasteiger partial charge is 0.349 e. The second-order valence-corrected chi connectivity index (χ2v) is 6.73. The first kappa shape index (κ1) is 14.6. The van der Waals surface area contributed by atoms with E-state index in [1.54, 1.807) is 0 Å². The van der Waals surface area contributed by atoms with E-state index in [1.807, 2.05) is 0 Å². The van der Waals surface area contributed by atoms with E-state index >= 15 is 0 Å². The average Bonchev–Trinajstić information content (AvgIpc) is 2.96. The molecule has 1 fully saturated rings. The maximum Gasteiger partial charge on any atom is 0.224 e. The van der Waals surface area contributed by atoms with Crippen LogP contribution in [0.5, 0.6) is 0 Å². The van der Waals surface area contributed by atoms with Gasteiger partial charge in [-0.3, -0.25) is 4.79 Å². The minimum Gasteiger partial charge on any atom is -0.349 e. The first-order chi connectivity index (χ1) is 10.2. The van der Waals surface area contributed by atoms with Crippen molar-refractivity contribution in [2.75, 3.05) is 6.54 Å². The Balaban J connectivity index is 1.64. The van der Waals surface area contributed by atoms with Crippen molar-refractivity contribution in [1.82, 2.24) is 5.32 Å². The summed E-state index contributed by atoms with van der Waals surface area (Å²) in [5, 5.41) is 3.21. The van der Waals surface area contributed by atoms with Crippen molar-refractivity contribution in [3.05, 3.63) is 34.9 Å². The third kappa shape index (κ3) is 3.29. The first-order valence-corrected chi connectivity index (χ1v) is 8.33. The number of fused-ring (bicyclic) bond motifs is 1. The predicted octanol–water partition coefficient (Wildman–Crippen LogP) is 2.50. The Kier molecular flexibility index (Phi) is 4.29. The molecule has 1 aromatic rings. The fourth-order valence-corrected chi connectivity index (χ4v) is 3.85. The van der Waals surface area contributed by atoms with Crippen molar-refractivity contribution in [3.63, 3.8) is 0 Å². The van der Waals surface area contributed by atoms with Crippen LogP contribution in [0.4, 0.5) is 0 Å². The smallest absolute Gasteiger partial charge is 0.224 e. The lowest BCUT2D eigenvalue weighted by Crippen LogP contribution is -2.52. The fraction of sp³-hybridized carbons (Fsp3) is 0.611. The molecule has 1 saturated carbocycles. The van der Waals surface area contributed by atoms with Gasteiger partial charge in [-0.15, -0.1) is 0 Å². The Morgan fingerprint density at radius 1 is 1.10 bits per heavy atom. The molecule has 0 bridgehead atoms. The second kappa shape index (κ2) is 6.18. The first-order valence-electron chi connectivity index (χ1n) is 8.33. The minimum atomic E-state index is -0.134. The van der Waals surface area contributed by atoms with Crippen LogP contribution >= 0.6 is 0 Å². The van der Waals surface area contributed by atoms with Gasteiger partial charge in [-0.1, -0.05) is 31.0 Å². The standard InChI is InChI=1S/C18H26N2O/c19-13-18(9-3-4-10-18)20-17(21)12-14-7-8-15-5-1-2-6-16(15)11-14/h7-8,11H,1-6,9-10,12-13,19H2,(H,20,21).